The van der Waals surface area contributed by atoms with Crippen LogP contribution in [-0.4, -0.2) is 60.0 Å². The predicted molar refractivity (Wildman–Crippen MR) is 110 cm³/mol. The third-order valence-corrected chi connectivity index (χ3v) is 5.57. The minimum Gasteiger partial charge on any atom is -0.493 e. The minimum absolute atomic E-state index is 0.0897. The van der Waals surface area contributed by atoms with Crippen LogP contribution in [0, 0.1) is 0 Å². The molecule has 0 saturated heterocycles. The first-order chi connectivity index (χ1) is 14.4. The Labute approximate surface area is 176 Å². The van der Waals surface area contributed by atoms with Gasteiger partial charge in [-0.05, 0) is 48.4 Å². The molecule has 10 heteroatoms. The largest absolute Gasteiger partial charge is 0.493 e. The van der Waals surface area contributed by atoms with E-state index < -0.39 is 10.0 Å². The average Bonchev–Trinajstić information content (AvgIpc) is 2.76. The van der Waals surface area contributed by atoms with E-state index in [9.17, 15) is 13.2 Å². The molecular weight excluding hydrogens is 412 g/mol. The standard InChI is InChI=1S/C20H26N2O7S/c1-27-18-8-3-15(13-19(18)28-2)9-10-22-30(25,26)17-6-4-16(5-7-17)29-14-20(24)21-11-12-23/h3-8,13,22-23H,9-12,14H2,1-2H3,(H,21,24). The molecule has 1 amide bonds. The second-order valence-electron chi connectivity index (χ2n) is 6.17. The molecule has 0 aliphatic rings. The monoisotopic (exact) mass is 438 g/mol. The number of nitrogens with one attached hydrogen (secondary N) is 2. The summed E-state index contributed by atoms with van der Waals surface area (Å²) in [6.45, 7) is -0.0254. The highest BCUT2D eigenvalue weighted by molar-refractivity contribution is 7.89. The molecule has 2 rings (SSSR count). The van der Waals surface area contributed by atoms with Crippen LogP contribution in [0.1, 0.15) is 5.56 Å². The van der Waals surface area contributed by atoms with Crippen LogP contribution in [0.3, 0.4) is 0 Å². The Morgan fingerprint density at radius 2 is 1.70 bits per heavy atom. The molecule has 0 radical (unpaired) electrons. The number of methoxy groups -OCH3 is 2. The topological polar surface area (TPSA) is 123 Å². The van der Waals surface area contributed by atoms with E-state index in [1.54, 1.807) is 26.4 Å². The highest BCUT2D eigenvalue weighted by Crippen LogP contribution is 2.27. The molecule has 0 aliphatic carbocycles. The van der Waals surface area contributed by atoms with Crippen molar-refractivity contribution in [2.45, 2.75) is 11.3 Å². The van der Waals surface area contributed by atoms with Crippen molar-refractivity contribution >= 4 is 15.9 Å². The van der Waals surface area contributed by atoms with Crippen molar-refractivity contribution in [2.75, 3.05) is 40.5 Å². The summed E-state index contributed by atoms with van der Waals surface area (Å²) in [5.74, 6) is 1.17. The van der Waals surface area contributed by atoms with E-state index in [2.05, 4.69) is 10.0 Å². The zero-order chi connectivity index (χ0) is 22.0. The van der Waals surface area contributed by atoms with Crippen LogP contribution in [0.4, 0.5) is 0 Å². The van der Waals surface area contributed by atoms with E-state index in [0.29, 0.717) is 23.7 Å². The van der Waals surface area contributed by atoms with Gasteiger partial charge < -0.3 is 24.6 Å². The molecule has 0 bridgehead atoms. The number of rotatable bonds is 12. The van der Waals surface area contributed by atoms with Crippen LogP contribution < -0.4 is 24.2 Å². The molecule has 0 aromatic heterocycles. The van der Waals surface area contributed by atoms with Gasteiger partial charge in [0.1, 0.15) is 5.75 Å². The Bertz CT molecular complexity index is 931. The number of hydrogen-bond acceptors (Lipinski definition) is 7. The summed E-state index contributed by atoms with van der Waals surface area (Å²) in [6, 6.07) is 11.2. The van der Waals surface area contributed by atoms with Gasteiger partial charge in [0.25, 0.3) is 5.91 Å². The van der Waals surface area contributed by atoms with Crippen molar-refractivity contribution in [3.63, 3.8) is 0 Å². The molecule has 0 aliphatic heterocycles. The Morgan fingerprint density at radius 3 is 2.33 bits per heavy atom. The zero-order valence-corrected chi connectivity index (χ0v) is 17.7. The molecule has 2 aromatic carbocycles. The number of aliphatic hydroxyl groups excluding tert-OH is 1. The van der Waals surface area contributed by atoms with Crippen LogP contribution in [0.25, 0.3) is 0 Å². The average molecular weight is 439 g/mol. The van der Waals surface area contributed by atoms with E-state index in [4.69, 9.17) is 19.3 Å². The van der Waals surface area contributed by atoms with Gasteiger partial charge in [-0.25, -0.2) is 13.1 Å². The van der Waals surface area contributed by atoms with Gasteiger partial charge >= 0.3 is 0 Å². The third-order valence-electron chi connectivity index (χ3n) is 4.09. The molecule has 30 heavy (non-hydrogen) atoms. The summed E-state index contributed by atoms with van der Waals surface area (Å²) in [6.07, 6.45) is 0.476. The van der Waals surface area contributed by atoms with Crippen molar-refractivity contribution in [3.05, 3.63) is 48.0 Å². The highest BCUT2D eigenvalue weighted by atomic mass is 32.2. The fourth-order valence-electron chi connectivity index (χ4n) is 2.56. The number of amides is 1. The van der Waals surface area contributed by atoms with Gasteiger partial charge in [0.15, 0.2) is 18.1 Å². The lowest BCUT2D eigenvalue weighted by molar-refractivity contribution is -0.123. The summed E-state index contributed by atoms with van der Waals surface area (Å²) >= 11 is 0. The van der Waals surface area contributed by atoms with Gasteiger partial charge in [-0.15, -0.1) is 0 Å². The maximum Gasteiger partial charge on any atom is 0.258 e. The van der Waals surface area contributed by atoms with Crippen molar-refractivity contribution in [2.24, 2.45) is 0 Å². The normalized spacial score (nSPS) is 11.0. The molecule has 0 atom stereocenters. The molecule has 0 unspecified atom stereocenters. The second-order valence-corrected chi connectivity index (χ2v) is 7.94. The smallest absolute Gasteiger partial charge is 0.258 e. The van der Waals surface area contributed by atoms with Gasteiger partial charge in [0, 0.05) is 13.1 Å². The van der Waals surface area contributed by atoms with E-state index in [0.717, 1.165) is 5.56 Å². The van der Waals surface area contributed by atoms with Crippen molar-refractivity contribution < 1.29 is 32.5 Å². The van der Waals surface area contributed by atoms with Crippen LogP contribution in [-0.2, 0) is 21.2 Å². The molecule has 164 valence electrons. The summed E-state index contributed by atoms with van der Waals surface area (Å²) in [5.41, 5.74) is 0.901. The highest BCUT2D eigenvalue weighted by Gasteiger charge is 2.14. The summed E-state index contributed by atoms with van der Waals surface area (Å²) in [7, 11) is -0.597. The van der Waals surface area contributed by atoms with Crippen molar-refractivity contribution in [1.82, 2.24) is 10.0 Å². The molecule has 3 N–H and O–H groups in total. The summed E-state index contributed by atoms with van der Waals surface area (Å²) in [4.78, 5) is 11.5. The Balaban J connectivity index is 1.89. The van der Waals surface area contributed by atoms with E-state index in [-0.39, 0.29) is 37.1 Å². The number of carbonyl (C=O) groups excluding carboxylic acids is 1. The van der Waals surface area contributed by atoms with Crippen LogP contribution >= 0.6 is 0 Å². The Morgan fingerprint density at radius 1 is 1.00 bits per heavy atom. The third kappa shape index (κ3) is 6.90. The van der Waals surface area contributed by atoms with Crippen molar-refractivity contribution in [3.8, 4) is 17.2 Å². The molecular formula is C20H26N2O7S. The first-order valence-electron chi connectivity index (χ1n) is 9.20. The quantitative estimate of drug-likeness (QED) is 0.446. The number of carbonyl (C=O) groups is 1. The lowest BCUT2D eigenvalue weighted by Gasteiger charge is -2.11. The van der Waals surface area contributed by atoms with E-state index in [1.807, 2.05) is 6.07 Å². The number of ether oxygens (including phenoxy) is 3. The summed E-state index contributed by atoms with van der Waals surface area (Å²) < 4.78 is 43.2. The van der Waals surface area contributed by atoms with Gasteiger partial charge in [0.05, 0.1) is 25.7 Å². The van der Waals surface area contributed by atoms with Gasteiger partial charge in [-0.1, -0.05) is 6.07 Å². The first-order valence-corrected chi connectivity index (χ1v) is 10.7. The fraction of sp³-hybridized carbons (Fsp3) is 0.350. The number of hydrogen-bond donors (Lipinski definition) is 3. The van der Waals surface area contributed by atoms with E-state index in [1.165, 1.54) is 24.3 Å². The molecule has 2 aromatic rings. The number of benzene rings is 2. The fourth-order valence-corrected chi connectivity index (χ4v) is 3.59. The van der Waals surface area contributed by atoms with Crippen molar-refractivity contribution in [1.29, 1.82) is 0 Å². The molecule has 0 fully saturated rings. The lowest BCUT2D eigenvalue weighted by atomic mass is 10.1. The van der Waals surface area contributed by atoms with Gasteiger partial charge in [-0.2, -0.15) is 0 Å². The van der Waals surface area contributed by atoms with Crippen LogP contribution in [0.15, 0.2) is 47.4 Å². The predicted octanol–water partition coefficient (Wildman–Crippen LogP) is 0.712. The van der Waals surface area contributed by atoms with E-state index >= 15 is 0 Å². The minimum atomic E-state index is -3.69. The second kappa shape index (κ2) is 11.4. The Kier molecular flexibility index (Phi) is 8.90. The SMILES string of the molecule is COc1ccc(CCNS(=O)(=O)c2ccc(OCC(=O)NCCO)cc2)cc1OC. The Hall–Kier alpha value is -2.82. The van der Waals surface area contributed by atoms with Crippen LogP contribution in [0.5, 0.6) is 17.2 Å². The van der Waals surface area contributed by atoms with Gasteiger partial charge in [0.2, 0.25) is 10.0 Å². The molecule has 0 saturated carbocycles. The van der Waals surface area contributed by atoms with Crippen LogP contribution in [0.2, 0.25) is 0 Å². The summed E-state index contributed by atoms with van der Waals surface area (Å²) in [5, 5.41) is 11.1. The van der Waals surface area contributed by atoms with Gasteiger partial charge in [-0.3, -0.25) is 4.79 Å². The number of sulfonamides is 1. The number of aliphatic hydroxyl groups is 1. The first kappa shape index (κ1) is 23.5. The molecule has 0 spiro atoms. The maximum atomic E-state index is 12.5. The maximum absolute atomic E-state index is 12.5. The molecule has 9 nitrogen and oxygen atoms in total. The lowest BCUT2D eigenvalue weighted by Crippen LogP contribution is -2.31. The molecule has 0 heterocycles. The zero-order valence-electron chi connectivity index (χ0n) is 16.9.